The summed E-state index contributed by atoms with van der Waals surface area (Å²) in [5, 5.41) is 1.30. The number of para-hydroxylation sites is 1. The van der Waals surface area contributed by atoms with Crippen molar-refractivity contribution in [1.82, 2.24) is 10.4 Å². The van der Waals surface area contributed by atoms with Crippen molar-refractivity contribution in [2.24, 2.45) is 5.92 Å². The lowest BCUT2D eigenvalue weighted by atomic mass is 9.90. The second kappa shape index (κ2) is 10.4. The number of ether oxygens (including phenoxy) is 2. The topological polar surface area (TPSA) is 88.2 Å². The number of benzene rings is 3. The Morgan fingerprint density at radius 1 is 0.919 bits per heavy atom. The van der Waals surface area contributed by atoms with Gasteiger partial charge < -0.3 is 9.47 Å². The van der Waals surface area contributed by atoms with Gasteiger partial charge in [-0.3, -0.25) is 19.4 Å². The summed E-state index contributed by atoms with van der Waals surface area (Å²) in [6.45, 7) is 4.70. The largest absolute Gasteiger partial charge is 0.494 e. The Morgan fingerprint density at radius 3 is 2.35 bits per heavy atom. The molecule has 2 saturated heterocycles. The number of rotatable bonds is 7. The molecule has 0 bridgehead atoms. The molecule has 9 heteroatoms. The predicted octanol–water partition coefficient (Wildman–Crippen LogP) is 4.51. The van der Waals surface area contributed by atoms with Gasteiger partial charge in [-0.05, 0) is 62.4 Å². The average Bonchev–Trinajstić information content (AvgIpc) is 3.41. The van der Waals surface area contributed by atoms with E-state index in [0.717, 1.165) is 4.47 Å². The van der Waals surface area contributed by atoms with E-state index >= 15 is 0 Å². The average molecular weight is 564 g/mol. The summed E-state index contributed by atoms with van der Waals surface area (Å²) < 4.78 is 12.1. The van der Waals surface area contributed by atoms with Crippen LogP contribution in [-0.4, -0.2) is 42.0 Å². The number of amides is 3. The summed E-state index contributed by atoms with van der Waals surface area (Å²) in [6, 6.07) is 19.4. The highest BCUT2D eigenvalue weighted by molar-refractivity contribution is 9.10. The van der Waals surface area contributed by atoms with Crippen LogP contribution in [0.25, 0.3) is 0 Å². The first kappa shape index (κ1) is 25.0. The third-order valence-corrected chi connectivity index (χ3v) is 6.98. The number of nitrogens with one attached hydrogen (secondary N) is 1. The van der Waals surface area contributed by atoms with Crippen LogP contribution >= 0.6 is 15.9 Å². The number of carbonyl (C=O) groups excluding carboxylic acids is 3. The zero-order valence-electron chi connectivity index (χ0n) is 20.4. The van der Waals surface area contributed by atoms with Gasteiger partial charge in [0.05, 0.1) is 30.9 Å². The first-order valence-corrected chi connectivity index (χ1v) is 12.9. The molecule has 0 aromatic heterocycles. The number of carbonyl (C=O) groups is 3. The maximum absolute atomic E-state index is 13.9. The Hall–Kier alpha value is -3.69. The van der Waals surface area contributed by atoms with Gasteiger partial charge in [-0.2, -0.15) is 0 Å². The molecule has 2 aliphatic heterocycles. The van der Waals surface area contributed by atoms with Crippen LogP contribution < -0.4 is 19.8 Å². The fourth-order valence-corrected chi connectivity index (χ4v) is 5.33. The fourth-order valence-electron chi connectivity index (χ4n) is 4.93. The second-order valence-corrected chi connectivity index (χ2v) is 9.59. The molecular formula is C28H26BrN3O5. The van der Waals surface area contributed by atoms with Crippen molar-refractivity contribution < 1.29 is 23.9 Å². The molecule has 190 valence electrons. The van der Waals surface area contributed by atoms with Crippen molar-refractivity contribution in [3.05, 3.63) is 88.4 Å². The summed E-state index contributed by atoms with van der Waals surface area (Å²) >= 11 is 3.40. The smallest absolute Gasteiger partial charge is 0.268 e. The van der Waals surface area contributed by atoms with Gasteiger partial charge >= 0.3 is 0 Å². The SMILES string of the molecule is CCOc1ccc(N2C(=O)C3C(c4ccccc4OCC)NN(C(=O)c4cccc(Br)c4)C3C2=O)cc1. The third-order valence-electron chi connectivity index (χ3n) is 6.48. The summed E-state index contributed by atoms with van der Waals surface area (Å²) in [7, 11) is 0. The lowest BCUT2D eigenvalue weighted by molar-refractivity contribution is -0.123. The van der Waals surface area contributed by atoms with Gasteiger partial charge in [0.15, 0.2) is 0 Å². The Kier molecular flexibility index (Phi) is 6.99. The lowest BCUT2D eigenvalue weighted by Crippen LogP contribution is -2.48. The van der Waals surface area contributed by atoms with Crippen LogP contribution in [0.15, 0.2) is 77.3 Å². The molecule has 1 N–H and O–H groups in total. The number of anilines is 1. The Bertz CT molecular complexity index is 1350. The maximum Gasteiger partial charge on any atom is 0.268 e. The van der Waals surface area contributed by atoms with E-state index in [9.17, 15) is 14.4 Å². The van der Waals surface area contributed by atoms with E-state index in [1.807, 2.05) is 44.2 Å². The molecule has 0 saturated carbocycles. The minimum Gasteiger partial charge on any atom is -0.494 e. The highest BCUT2D eigenvalue weighted by atomic mass is 79.9. The number of hydrazine groups is 1. The van der Waals surface area contributed by atoms with Crippen LogP contribution in [0.3, 0.4) is 0 Å². The van der Waals surface area contributed by atoms with Crippen molar-refractivity contribution in [2.75, 3.05) is 18.1 Å². The number of fused-ring (bicyclic) bond motifs is 1. The molecule has 8 nitrogen and oxygen atoms in total. The molecular weight excluding hydrogens is 538 g/mol. The molecule has 3 aromatic carbocycles. The van der Waals surface area contributed by atoms with Gasteiger partial charge in [-0.15, -0.1) is 0 Å². The van der Waals surface area contributed by atoms with Gasteiger partial charge in [0.25, 0.3) is 11.8 Å². The number of imide groups is 1. The van der Waals surface area contributed by atoms with E-state index in [0.29, 0.717) is 41.5 Å². The van der Waals surface area contributed by atoms with Crippen LogP contribution in [0, 0.1) is 5.92 Å². The maximum atomic E-state index is 13.9. The van der Waals surface area contributed by atoms with E-state index in [1.165, 1.54) is 9.91 Å². The molecule has 3 aromatic rings. The van der Waals surface area contributed by atoms with E-state index < -0.39 is 29.8 Å². The quantitative estimate of drug-likeness (QED) is 0.425. The molecule has 0 aliphatic carbocycles. The molecule has 3 unspecified atom stereocenters. The molecule has 37 heavy (non-hydrogen) atoms. The summed E-state index contributed by atoms with van der Waals surface area (Å²) in [5.41, 5.74) is 4.71. The van der Waals surface area contributed by atoms with E-state index in [-0.39, 0.29) is 5.91 Å². The molecule has 3 amide bonds. The van der Waals surface area contributed by atoms with Gasteiger partial charge in [0.1, 0.15) is 17.5 Å². The van der Waals surface area contributed by atoms with Crippen molar-refractivity contribution in [2.45, 2.75) is 25.9 Å². The predicted molar refractivity (Wildman–Crippen MR) is 141 cm³/mol. The normalized spacial score (nSPS) is 20.8. The van der Waals surface area contributed by atoms with Crippen molar-refractivity contribution in [3.63, 3.8) is 0 Å². The minimum absolute atomic E-state index is 0.382. The van der Waals surface area contributed by atoms with Crippen LogP contribution in [-0.2, 0) is 9.59 Å². The number of hydrogen-bond acceptors (Lipinski definition) is 6. The Morgan fingerprint density at radius 2 is 1.65 bits per heavy atom. The lowest BCUT2D eigenvalue weighted by Gasteiger charge is -2.26. The molecule has 2 aliphatic rings. The van der Waals surface area contributed by atoms with Crippen LogP contribution in [0.1, 0.15) is 35.8 Å². The zero-order valence-corrected chi connectivity index (χ0v) is 22.0. The first-order valence-electron chi connectivity index (χ1n) is 12.1. The minimum atomic E-state index is -1.02. The standard InChI is InChI=1S/C28H26BrN3O5/c1-3-36-20-14-12-19(13-15-20)31-27(34)23-24(21-10-5-6-11-22(21)37-4-2)30-32(25(23)28(31)35)26(33)17-8-7-9-18(29)16-17/h5-16,23-25,30H,3-4H2,1-2H3. The molecule has 0 radical (unpaired) electrons. The van der Waals surface area contributed by atoms with Gasteiger partial charge in [0.2, 0.25) is 5.91 Å². The van der Waals surface area contributed by atoms with Gasteiger partial charge in [0, 0.05) is 15.6 Å². The van der Waals surface area contributed by atoms with Crippen molar-refractivity contribution >= 4 is 39.3 Å². The van der Waals surface area contributed by atoms with Crippen molar-refractivity contribution in [3.8, 4) is 11.5 Å². The molecule has 0 spiro atoms. The highest BCUT2D eigenvalue weighted by Crippen LogP contribution is 2.44. The van der Waals surface area contributed by atoms with E-state index in [1.54, 1.807) is 42.5 Å². The number of halogens is 1. The Balaban J connectivity index is 1.57. The summed E-state index contributed by atoms with van der Waals surface area (Å²) in [4.78, 5) is 42.5. The zero-order chi connectivity index (χ0) is 26.1. The van der Waals surface area contributed by atoms with Gasteiger partial charge in [-0.1, -0.05) is 40.2 Å². The third kappa shape index (κ3) is 4.49. The van der Waals surface area contributed by atoms with E-state index in [2.05, 4.69) is 21.4 Å². The first-order chi connectivity index (χ1) is 17.9. The molecule has 5 rings (SSSR count). The summed E-state index contributed by atoms with van der Waals surface area (Å²) in [6.07, 6.45) is 0. The molecule has 2 fully saturated rings. The fraction of sp³-hybridized carbons (Fsp3) is 0.250. The monoisotopic (exact) mass is 563 g/mol. The van der Waals surface area contributed by atoms with E-state index in [4.69, 9.17) is 9.47 Å². The highest BCUT2D eigenvalue weighted by Gasteiger charge is 2.60. The second-order valence-electron chi connectivity index (χ2n) is 8.67. The Labute approximate surface area is 223 Å². The number of nitrogens with zero attached hydrogens (tertiary/aromatic N) is 2. The van der Waals surface area contributed by atoms with Crippen LogP contribution in [0.5, 0.6) is 11.5 Å². The molecule has 2 heterocycles. The number of hydrogen-bond donors (Lipinski definition) is 1. The van der Waals surface area contributed by atoms with Crippen molar-refractivity contribution in [1.29, 1.82) is 0 Å². The molecule has 3 atom stereocenters. The van der Waals surface area contributed by atoms with Gasteiger partial charge in [-0.25, -0.2) is 10.3 Å². The summed E-state index contributed by atoms with van der Waals surface area (Å²) in [5.74, 6) is -0.849. The van der Waals surface area contributed by atoms with Crippen LogP contribution in [0.4, 0.5) is 5.69 Å². The van der Waals surface area contributed by atoms with Crippen LogP contribution in [0.2, 0.25) is 0 Å².